The summed E-state index contributed by atoms with van der Waals surface area (Å²) >= 11 is 0. The van der Waals surface area contributed by atoms with Crippen LogP contribution in [-0.4, -0.2) is 10.5 Å². The number of nitrogens with two attached hydrogens (primary N) is 1. The molecule has 2 N–H and O–H groups in total. The van der Waals surface area contributed by atoms with E-state index < -0.39 is 0 Å². The molecule has 0 unspecified atom stereocenters. The first-order chi connectivity index (χ1) is 6.61. The predicted octanol–water partition coefficient (Wildman–Crippen LogP) is 1.59. The lowest BCUT2D eigenvalue weighted by Crippen LogP contribution is -2.09. The van der Waals surface area contributed by atoms with Gasteiger partial charge >= 0.3 is 0 Å². The van der Waals surface area contributed by atoms with Gasteiger partial charge in [-0.05, 0) is 12.5 Å². The Morgan fingerprint density at radius 3 is 2.79 bits per heavy atom. The molecule has 2 rings (SSSR count). The number of rotatable bonds is 1. The summed E-state index contributed by atoms with van der Waals surface area (Å²) < 4.78 is 1.94. The van der Waals surface area contributed by atoms with Gasteiger partial charge < -0.3 is 10.3 Å². The summed E-state index contributed by atoms with van der Waals surface area (Å²) in [5.41, 5.74) is 8.10. The number of amides is 1. The number of benzene rings is 1. The molecule has 1 heterocycles. The van der Waals surface area contributed by atoms with Crippen LogP contribution in [0.15, 0.2) is 24.4 Å². The number of hydrogen-bond donors (Lipinski definition) is 1. The van der Waals surface area contributed by atoms with Crippen molar-refractivity contribution in [1.82, 2.24) is 4.57 Å². The molecular formula is C11H12N2O. The number of fused-ring (bicyclic) bond motifs is 1. The molecule has 3 nitrogen and oxygen atoms in total. The van der Waals surface area contributed by atoms with Crippen LogP contribution >= 0.6 is 0 Å². The van der Waals surface area contributed by atoms with Crippen molar-refractivity contribution in [2.24, 2.45) is 12.8 Å². The fraction of sp³-hybridized carbons (Fsp3) is 0.182. The van der Waals surface area contributed by atoms with Gasteiger partial charge in [0, 0.05) is 18.6 Å². The van der Waals surface area contributed by atoms with Gasteiger partial charge in [0.2, 0.25) is 0 Å². The minimum Gasteiger partial charge on any atom is -0.366 e. The van der Waals surface area contributed by atoms with Crippen LogP contribution in [0.25, 0.3) is 10.9 Å². The van der Waals surface area contributed by atoms with Crippen LogP contribution in [0.3, 0.4) is 0 Å². The third-order valence-corrected chi connectivity index (χ3v) is 2.47. The number of aryl methyl sites for hydroxylation is 2. The van der Waals surface area contributed by atoms with E-state index in [1.807, 2.05) is 36.7 Å². The van der Waals surface area contributed by atoms with Gasteiger partial charge in [-0.15, -0.1) is 0 Å². The predicted molar refractivity (Wildman–Crippen MR) is 56.2 cm³/mol. The number of nitrogens with zero attached hydrogens (tertiary/aromatic N) is 1. The van der Waals surface area contributed by atoms with E-state index in [9.17, 15) is 4.79 Å². The maximum Gasteiger partial charge on any atom is 0.250 e. The van der Waals surface area contributed by atoms with E-state index in [-0.39, 0.29) is 5.91 Å². The number of carbonyl (C=O) groups is 1. The molecule has 72 valence electrons. The first kappa shape index (κ1) is 8.81. The maximum absolute atomic E-state index is 11.1. The Morgan fingerprint density at radius 2 is 2.14 bits per heavy atom. The van der Waals surface area contributed by atoms with Crippen LogP contribution in [-0.2, 0) is 7.05 Å². The Hall–Kier alpha value is -1.77. The molecule has 14 heavy (non-hydrogen) atoms. The van der Waals surface area contributed by atoms with Gasteiger partial charge in [0.15, 0.2) is 0 Å². The summed E-state index contributed by atoms with van der Waals surface area (Å²) in [6.07, 6.45) is 1.78. The number of primary amides is 1. The Kier molecular flexibility index (Phi) is 1.81. The molecule has 2 aromatic rings. The number of para-hydroxylation sites is 1. The van der Waals surface area contributed by atoms with Crippen LogP contribution in [0.5, 0.6) is 0 Å². The largest absolute Gasteiger partial charge is 0.366 e. The maximum atomic E-state index is 11.1. The molecule has 1 aromatic heterocycles. The lowest BCUT2D eigenvalue weighted by molar-refractivity contribution is 0.100. The molecule has 3 heteroatoms. The monoisotopic (exact) mass is 188 g/mol. The highest BCUT2D eigenvalue weighted by Crippen LogP contribution is 2.22. The lowest BCUT2D eigenvalue weighted by atomic mass is 10.1. The second kappa shape index (κ2) is 2.87. The SMILES string of the molecule is Cc1cccc2c(C(N)=O)cn(C)c12. The summed E-state index contributed by atoms with van der Waals surface area (Å²) in [5, 5.41) is 0.931. The summed E-state index contributed by atoms with van der Waals surface area (Å²) in [6, 6.07) is 5.87. The van der Waals surface area contributed by atoms with Crippen molar-refractivity contribution in [3.05, 3.63) is 35.5 Å². The van der Waals surface area contributed by atoms with E-state index in [1.165, 1.54) is 0 Å². The summed E-state index contributed by atoms with van der Waals surface area (Å²) in [4.78, 5) is 11.1. The molecule has 0 aliphatic carbocycles. The zero-order valence-electron chi connectivity index (χ0n) is 8.24. The quantitative estimate of drug-likeness (QED) is 0.725. The van der Waals surface area contributed by atoms with Gasteiger partial charge in [0.25, 0.3) is 5.91 Å². The van der Waals surface area contributed by atoms with Crippen molar-refractivity contribution < 1.29 is 4.79 Å². The number of carbonyl (C=O) groups excluding carboxylic acids is 1. The van der Waals surface area contributed by atoms with E-state index in [2.05, 4.69) is 0 Å². The van der Waals surface area contributed by atoms with Crippen LogP contribution in [0.4, 0.5) is 0 Å². The van der Waals surface area contributed by atoms with Gasteiger partial charge in [-0.3, -0.25) is 4.79 Å². The zero-order chi connectivity index (χ0) is 10.3. The van der Waals surface area contributed by atoms with Crippen LogP contribution in [0.2, 0.25) is 0 Å². The van der Waals surface area contributed by atoms with E-state index >= 15 is 0 Å². The summed E-state index contributed by atoms with van der Waals surface area (Å²) in [7, 11) is 1.92. The van der Waals surface area contributed by atoms with E-state index in [0.29, 0.717) is 5.56 Å². The van der Waals surface area contributed by atoms with Crippen molar-refractivity contribution in [3.8, 4) is 0 Å². The van der Waals surface area contributed by atoms with Gasteiger partial charge in [-0.25, -0.2) is 0 Å². The highest BCUT2D eigenvalue weighted by Gasteiger charge is 2.11. The fourth-order valence-corrected chi connectivity index (χ4v) is 1.87. The third-order valence-electron chi connectivity index (χ3n) is 2.47. The van der Waals surface area contributed by atoms with Crippen molar-refractivity contribution in [2.45, 2.75) is 6.92 Å². The van der Waals surface area contributed by atoms with Crippen molar-refractivity contribution in [2.75, 3.05) is 0 Å². The molecule has 0 saturated heterocycles. The van der Waals surface area contributed by atoms with Crippen LogP contribution < -0.4 is 5.73 Å². The second-order valence-corrected chi connectivity index (χ2v) is 3.49. The molecule has 0 bridgehead atoms. The minimum absolute atomic E-state index is 0.374. The molecule has 0 aliphatic rings. The van der Waals surface area contributed by atoms with Gasteiger partial charge in [-0.1, -0.05) is 18.2 Å². The second-order valence-electron chi connectivity index (χ2n) is 3.49. The average molecular weight is 188 g/mol. The molecule has 0 spiro atoms. The third kappa shape index (κ3) is 1.09. The van der Waals surface area contributed by atoms with Crippen molar-refractivity contribution >= 4 is 16.8 Å². The van der Waals surface area contributed by atoms with Gasteiger partial charge in [0.05, 0.1) is 11.1 Å². The molecule has 1 aromatic carbocycles. The van der Waals surface area contributed by atoms with E-state index in [0.717, 1.165) is 16.5 Å². The molecule has 0 aliphatic heterocycles. The molecular weight excluding hydrogens is 176 g/mol. The Bertz CT molecular complexity index is 511. The molecule has 1 amide bonds. The Labute approximate surface area is 82.1 Å². The molecule has 0 radical (unpaired) electrons. The van der Waals surface area contributed by atoms with Crippen molar-refractivity contribution in [3.63, 3.8) is 0 Å². The highest BCUT2D eigenvalue weighted by atomic mass is 16.1. The lowest BCUT2D eigenvalue weighted by Gasteiger charge is -1.99. The van der Waals surface area contributed by atoms with Crippen LogP contribution in [0, 0.1) is 6.92 Å². The van der Waals surface area contributed by atoms with E-state index in [4.69, 9.17) is 5.73 Å². The average Bonchev–Trinajstić information content (AvgIpc) is 2.45. The van der Waals surface area contributed by atoms with Crippen molar-refractivity contribution in [1.29, 1.82) is 0 Å². The van der Waals surface area contributed by atoms with Gasteiger partial charge in [-0.2, -0.15) is 0 Å². The first-order valence-corrected chi connectivity index (χ1v) is 4.45. The molecule has 0 fully saturated rings. The molecule has 0 atom stereocenters. The normalized spacial score (nSPS) is 10.7. The highest BCUT2D eigenvalue weighted by molar-refractivity contribution is 6.06. The topological polar surface area (TPSA) is 48.0 Å². The standard InChI is InChI=1S/C11H12N2O/c1-7-4-3-5-8-9(11(12)14)6-13(2)10(7)8/h3-6H,1-2H3,(H2,12,14). The van der Waals surface area contributed by atoms with Gasteiger partial charge in [0.1, 0.15) is 0 Å². The minimum atomic E-state index is -0.374. The smallest absolute Gasteiger partial charge is 0.250 e. The molecule has 0 saturated carbocycles. The Balaban J connectivity index is 2.91. The number of hydrogen-bond acceptors (Lipinski definition) is 1. The fourth-order valence-electron chi connectivity index (χ4n) is 1.87. The first-order valence-electron chi connectivity index (χ1n) is 4.45. The number of aromatic nitrogens is 1. The van der Waals surface area contributed by atoms with E-state index in [1.54, 1.807) is 6.20 Å². The summed E-state index contributed by atoms with van der Waals surface area (Å²) in [5.74, 6) is -0.374. The Morgan fingerprint density at radius 1 is 1.43 bits per heavy atom. The van der Waals surface area contributed by atoms with Crippen LogP contribution in [0.1, 0.15) is 15.9 Å². The zero-order valence-corrected chi connectivity index (χ0v) is 8.24. The summed E-state index contributed by atoms with van der Waals surface area (Å²) in [6.45, 7) is 2.02.